The largest absolute Gasteiger partial charge is 0.315 e. The van der Waals surface area contributed by atoms with Crippen molar-refractivity contribution in [3.05, 3.63) is 48.0 Å². The second kappa shape index (κ2) is 5.02. The smallest absolute Gasteiger partial charge is 0.0698 e. The van der Waals surface area contributed by atoms with Crippen LogP contribution in [0.3, 0.4) is 0 Å². The Morgan fingerprint density at radius 3 is 2.47 bits per heavy atom. The molecule has 1 fully saturated rings. The maximum absolute atomic E-state index is 5.80. The van der Waals surface area contributed by atoms with Crippen LogP contribution < -0.4 is 16.6 Å². The summed E-state index contributed by atoms with van der Waals surface area (Å²) < 4.78 is 0. The third kappa shape index (κ3) is 2.42. The number of hydrogen-bond donors (Lipinski definition) is 3. The molecule has 0 radical (unpaired) electrons. The predicted molar refractivity (Wildman–Crippen MR) is 72.8 cm³/mol. The SMILES string of the molecule is Cl.NC1CC(c2ccc3ccccc3c2)NN1. The monoisotopic (exact) mass is 249 g/mol. The highest BCUT2D eigenvalue weighted by Crippen LogP contribution is 2.24. The van der Waals surface area contributed by atoms with E-state index in [4.69, 9.17) is 5.73 Å². The van der Waals surface area contributed by atoms with Crippen LogP contribution in [0.1, 0.15) is 18.0 Å². The number of halogens is 1. The molecule has 4 N–H and O–H groups in total. The van der Waals surface area contributed by atoms with Gasteiger partial charge in [-0.1, -0.05) is 36.4 Å². The Kier molecular flexibility index (Phi) is 3.64. The Morgan fingerprint density at radius 1 is 1.00 bits per heavy atom. The standard InChI is InChI=1S/C13H15N3.ClH/c14-13-8-12(15-16-13)11-6-5-9-3-1-2-4-10(9)7-11;/h1-7,12-13,15-16H,8,14H2;1H. The zero-order valence-corrected chi connectivity index (χ0v) is 10.2. The first kappa shape index (κ1) is 12.3. The van der Waals surface area contributed by atoms with E-state index in [9.17, 15) is 0 Å². The summed E-state index contributed by atoms with van der Waals surface area (Å²) in [5, 5.41) is 2.56. The molecular weight excluding hydrogens is 234 g/mol. The molecule has 0 bridgehead atoms. The lowest BCUT2D eigenvalue weighted by atomic mass is 10.0. The van der Waals surface area contributed by atoms with Gasteiger partial charge in [-0.05, 0) is 28.8 Å². The van der Waals surface area contributed by atoms with Crippen LogP contribution >= 0.6 is 12.4 Å². The van der Waals surface area contributed by atoms with Gasteiger partial charge < -0.3 is 5.73 Å². The summed E-state index contributed by atoms with van der Waals surface area (Å²) in [5.41, 5.74) is 13.3. The van der Waals surface area contributed by atoms with Gasteiger partial charge in [0.05, 0.1) is 6.17 Å². The van der Waals surface area contributed by atoms with E-state index < -0.39 is 0 Å². The molecule has 0 amide bonds. The van der Waals surface area contributed by atoms with Gasteiger partial charge >= 0.3 is 0 Å². The fourth-order valence-electron chi connectivity index (χ4n) is 2.22. The van der Waals surface area contributed by atoms with Gasteiger partial charge in [-0.25, -0.2) is 10.9 Å². The zero-order valence-electron chi connectivity index (χ0n) is 9.39. The van der Waals surface area contributed by atoms with Crippen molar-refractivity contribution in [2.24, 2.45) is 5.73 Å². The number of nitrogens with one attached hydrogen (secondary N) is 2. The number of hydrazine groups is 1. The van der Waals surface area contributed by atoms with Crippen LogP contribution in [0.2, 0.25) is 0 Å². The van der Waals surface area contributed by atoms with E-state index in [1.54, 1.807) is 0 Å². The predicted octanol–water partition coefficient (Wildman–Crippen LogP) is 2.09. The maximum Gasteiger partial charge on any atom is 0.0698 e. The molecule has 1 heterocycles. The fourth-order valence-corrected chi connectivity index (χ4v) is 2.22. The minimum Gasteiger partial charge on any atom is -0.315 e. The summed E-state index contributed by atoms with van der Waals surface area (Å²) in [4.78, 5) is 0. The van der Waals surface area contributed by atoms with Crippen LogP contribution in [0.25, 0.3) is 10.8 Å². The molecule has 2 aromatic carbocycles. The highest BCUT2D eigenvalue weighted by molar-refractivity contribution is 5.85. The molecule has 1 aliphatic heterocycles. The minimum absolute atomic E-state index is 0. The number of fused-ring (bicyclic) bond motifs is 1. The van der Waals surface area contributed by atoms with Gasteiger partial charge in [-0.15, -0.1) is 12.4 Å². The van der Waals surface area contributed by atoms with Crippen molar-refractivity contribution >= 4 is 23.2 Å². The molecule has 2 aromatic rings. The van der Waals surface area contributed by atoms with E-state index in [0.29, 0.717) is 6.04 Å². The van der Waals surface area contributed by atoms with E-state index in [-0.39, 0.29) is 18.6 Å². The molecule has 3 rings (SSSR count). The van der Waals surface area contributed by atoms with Crippen LogP contribution in [0.15, 0.2) is 42.5 Å². The fraction of sp³-hybridized carbons (Fsp3) is 0.231. The van der Waals surface area contributed by atoms with Crippen molar-refractivity contribution in [2.45, 2.75) is 18.6 Å². The lowest BCUT2D eigenvalue weighted by Gasteiger charge is -2.10. The Labute approximate surface area is 107 Å². The van der Waals surface area contributed by atoms with Crippen molar-refractivity contribution in [3.63, 3.8) is 0 Å². The summed E-state index contributed by atoms with van der Waals surface area (Å²) in [7, 11) is 0. The van der Waals surface area contributed by atoms with Gasteiger partial charge in [0.25, 0.3) is 0 Å². The molecule has 3 nitrogen and oxygen atoms in total. The van der Waals surface area contributed by atoms with Crippen molar-refractivity contribution in [1.82, 2.24) is 10.9 Å². The second-order valence-electron chi connectivity index (χ2n) is 4.29. The molecule has 90 valence electrons. The van der Waals surface area contributed by atoms with Gasteiger partial charge in [-0.3, -0.25) is 0 Å². The normalized spacial score (nSPS) is 23.6. The van der Waals surface area contributed by atoms with Gasteiger partial charge in [0.2, 0.25) is 0 Å². The van der Waals surface area contributed by atoms with Crippen molar-refractivity contribution in [2.75, 3.05) is 0 Å². The van der Waals surface area contributed by atoms with Crippen LogP contribution in [-0.4, -0.2) is 6.17 Å². The van der Waals surface area contributed by atoms with Crippen molar-refractivity contribution in [3.8, 4) is 0 Å². The molecule has 0 aliphatic carbocycles. The van der Waals surface area contributed by atoms with E-state index in [1.807, 2.05) is 0 Å². The molecule has 0 spiro atoms. The average Bonchev–Trinajstić information content (AvgIpc) is 2.75. The quantitative estimate of drug-likeness (QED) is 0.725. The maximum atomic E-state index is 5.80. The van der Waals surface area contributed by atoms with E-state index in [1.165, 1.54) is 16.3 Å². The van der Waals surface area contributed by atoms with Gasteiger partial charge in [0.1, 0.15) is 0 Å². The van der Waals surface area contributed by atoms with Gasteiger partial charge in [-0.2, -0.15) is 0 Å². The summed E-state index contributed by atoms with van der Waals surface area (Å²) >= 11 is 0. The number of benzene rings is 2. The summed E-state index contributed by atoms with van der Waals surface area (Å²) in [6.07, 6.45) is 0.981. The van der Waals surface area contributed by atoms with Crippen molar-refractivity contribution in [1.29, 1.82) is 0 Å². The second-order valence-corrected chi connectivity index (χ2v) is 4.29. The first-order valence-electron chi connectivity index (χ1n) is 5.58. The third-order valence-electron chi connectivity index (χ3n) is 3.11. The molecule has 1 aliphatic rings. The molecule has 17 heavy (non-hydrogen) atoms. The summed E-state index contributed by atoms with van der Waals surface area (Å²) in [6, 6.07) is 15.3. The Balaban J connectivity index is 0.00000108. The average molecular weight is 250 g/mol. The molecular formula is C13H16ClN3. The lowest BCUT2D eigenvalue weighted by Crippen LogP contribution is -2.36. The number of nitrogens with two attached hydrogens (primary N) is 1. The summed E-state index contributed by atoms with van der Waals surface area (Å²) in [6.45, 7) is 0. The molecule has 0 saturated carbocycles. The Bertz CT molecular complexity index is 515. The lowest BCUT2D eigenvalue weighted by molar-refractivity contribution is 0.552. The van der Waals surface area contributed by atoms with E-state index in [0.717, 1.165) is 6.42 Å². The first-order valence-corrected chi connectivity index (χ1v) is 5.58. The van der Waals surface area contributed by atoms with Crippen LogP contribution in [0.5, 0.6) is 0 Å². The topological polar surface area (TPSA) is 50.1 Å². The summed E-state index contributed by atoms with van der Waals surface area (Å²) in [5.74, 6) is 0. The number of hydrogen-bond acceptors (Lipinski definition) is 3. The van der Waals surface area contributed by atoms with Crippen LogP contribution in [-0.2, 0) is 0 Å². The molecule has 2 unspecified atom stereocenters. The Hall–Kier alpha value is -1.13. The molecule has 0 aromatic heterocycles. The van der Waals surface area contributed by atoms with E-state index in [2.05, 4.69) is 53.3 Å². The van der Waals surface area contributed by atoms with Crippen molar-refractivity contribution < 1.29 is 0 Å². The highest BCUT2D eigenvalue weighted by atomic mass is 35.5. The van der Waals surface area contributed by atoms with E-state index >= 15 is 0 Å². The number of rotatable bonds is 1. The Morgan fingerprint density at radius 2 is 1.76 bits per heavy atom. The van der Waals surface area contributed by atoms with Crippen LogP contribution in [0, 0.1) is 0 Å². The van der Waals surface area contributed by atoms with Crippen LogP contribution in [0.4, 0.5) is 0 Å². The first-order chi connectivity index (χ1) is 7.83. The molecule has 4 heteroatoms. The molecule has 1 saturated heterocycles. The van der Waals surface area contributed by atoms with Gasteiger partial charge in [0, 0.05) is 6.04 Å². The zero-order chi connectivity index (χ0) is 11.0. The van der Waals surface area contributed by atoms with Gasteiger partial charge in [0.15, 0.2) is 0 Å². The minimum atomic E-state index is 0. The highest BCUT2D eigenvalue weighted by Gasteiger charge is 2.21. The third-order valence-corrected chi connectivity index (χ3v) is 3.11. The molecule has 2 atom stereocenters.